The predicted molar refractivity (Wildman–Crippen MR) is 71.5 cm³/mol. The molecule has 0 aliphatic heterocycles. The largest absolute Gasteiger partial charge is 0.331 e. The van der Waals surface area contributed by atoms with Crippen LogP contribution in [0.1, 0.15) is 22.1 Å². The molecule has 2 rings (SSSR count). The summed E-state index contributed by atoms with van der Waals surface area (Å²) in [6.45, 7) is 0. The molecule has 1 aromatic heterocycles. The normalized spacial score (nSPS) is 11.4. The van der Waals surface area contributed by atoms with Crippen LogP contribution < -0.4 is 5.32 Å². The van der Waals surface area contributed by atoms with Gasteiger partial charge in [-0.3, -0.25) is 4.79 Å². The number of pyridine rings is 1. The lowest BCUT2D eigenvalue weighted by Crippen LogP contribution is -2.28. The van der Waals surface area contributed by atoms with E-state index in [1.54, 1.807) is 30.3 Å². The number of nitrogens with zero attached hydrogens (tertiary/aromatic N) is 2. The van der Waals surface area contributed by atoms with Crippen molar-refractivity contribution >= 4 is 17.5 Å². The Bertz CT molecular complexity index is 622. The zero-order valence-electron chi connectivity index (χ0n) is 9.88. The second kappa shape index (κ2) is 5.98. The lowest BCUT2D eigenvalue weighted by molar-refractivity contribution is 0.0940. The van der Waals surface area contributed by atoms with Crippen LogP contribution in [0.3, 0.4) is 0 Å². The third-order valence-corrected chi connectivity index (χ3v) is 2.70. The zero-order valence-corrected chi connectivity index (χ0v) is 10.6. The van der Waals surface area contributed by atoms with E-state index in [0.29, 0.717) is 0 Å². The van der Waals surface area contributed by atoms with E-state index in [-0.39, 0.29) is 10.8 Å². The first-order chi connectivity index (χ1) is 9.20. The van der Waals surface area contributed by atoms with Gasteiger partial charge in [0.15, 0.2) is 0 Å². The molecule has 0 fully saturated rings. The fourth-order valence-corrected chi connectivity index (χ4v) is 1.74. The molecule has 5 heteroatoms. The van der Waals surface area contributed by atoms with E-state index >= 15 is 0 Å². The summed E-state index contributed by atoms with van der Waals surface area (Å²) < 4.78 is 0. The van der Waals surface area contributed by atoms with Crippen LogP contribution in [0.2, 0.25) is 5.15 Å². The quantitative estimate of drug-likeness (QED) is 0.873. The van der Waals surface area contributed by atoms with Crippen molar-refractivity contribution in [3.05, 3.63) is 64.9 Å². The fraction of sp³-hybridized carbons (Fsp3) is 0.0714. The van der Waals surface area contributed by atoms with Gasteiger partial charge in [0.05, 0.1) is 6.07 Å². The van der Waals surface area contributed by atoms with E-state index < -0.39 is 11.9 Å². The second-order valence-electron chi connectivity index (χ2n) is 3.79. The Labute approximate surface area is 115 Å². The van der Waals surface area contributed by atoms with Crippen LogP contribution in [0, 0.1) is 11.3 Å². The molecule has 94 valence electrons. The number of aromatic nitrogens is 1. The molecule has 0 aliphatic rings. The average Bonchev–Trinajstić information content (AvgIpc) is 2.45. The van der Waals surface area contributed by atoms with Gasteiger partial charge in [-0.05, 0) is 17.7 Å². The summed E-state index contributed by atoms with van der Waals surface area (Å²) in [5.41, 5.74) is 0.907. The Morgan fingerprint density at radius 2 is 1.95 bits per heavy atom. The van der Waals surface area contributed by atoms with E-state index in [2.05, 4.69) is 10.3 Å². The monoisotopic (exact) mass is 271 g/mol. The summed E-state index contributed by atoms with van der Waals surface area (Å²) in [4.78, 5) is 15.9. The van der Waals surface area contributed by atoms with Crippen molar-refractivity contribution in [2.45, 2.75) is 6.04 Å². The minimum Gasteiger partial charge on any atom is -0.331 e. The van der Waals surface area contributed by atoms with Gasteiger partial charge in [0, 0.05) is 0 Å². The summed E-state index contributed by atoms with van der Waals surface area (Å²) in [6, 6.07) is 15.1. The van der Waals surface area contributed by atoms with Crippen LogP contribution in [0.5, 0.6) is 0 Å². The zero-order chi connectivity index (χ0) is 13.7. The first kappa shape index (κ1) is 13.1. The van der Waals surface area contributed by atoms with Gasteiger partial charge in [-0.25, -0.2) is 4.98 Å². The van der Waals surface area contributed by atoms with Gasteiger partial charge in [-0.15, -0.1) is 0 Å². The van der Waals surface area contributed by atoms with Gasteiger partial charge in [-0.2, -0.15) is 5.26 Å². The number of rotatable bonds is 3. The van der Waals surface area contributed by atoms with E-state index in [1.165, 1.54) is 0 Å². The average molecular weight is 272 g/mol. The standard InChI is InChI=1S/C14H10ClN3O/c15-13-8-4-7-11(17-13)14(19)18-12(9-16)10-5-2-1-3-6-10/h1-8,12H,(H,18,19). The third-order valence-electron chi connectivity index (χ3n) is 2.49. The number of carbonyl (C=O) groups excluding carboxylic acids is 1. The highest BCUT2D eigenvalue weighted by Crippen LogP contribution is 2.12. The number of nitriles is 1. The summed E-state index contributed by atoms with van der Waals surface area (Å²) in [6.07, 6.45) is 0. The van der Waals surface area contributed by atoms with Crippen LogP contribution in [-0.4, -0.2) is 10.9 Å². The Hall–Kier alpha value is -2.38. The molecular formula is C14H10ClN3O. The van der Waals surface area contributed by atoms with Gasteiger partial charge >= 0.3 is 0 Å². The lowest BCUT2D eigenvalue weighted by atomic mass is 10.1. The maximum Gasteiger partial charge on any atom is 0.271 e. The number of halogens is 1. The molecule has 0 aliphatic carbocycles. The molecule has 1 atom stereocenters. The van der Waals surface area contributed by atoms with E-state index in [4.69, 9.17) is 16.9 Å². The van der Waals surface area contributed by atoms with Crippen molar-refractivity contribution < 1.29 is 4.79 Å². The van der Waals surface area contributed by atoms with Crippen molar-refractivity contribution in [2.24, 2.45) is 0 Å². The molecule has 1 aromatic carbocycles. The van der Waals surface area contributed by atoms with Crippen molar-refractivity contribution in [1.29, 1.82) is 5.26 Å². The molecule has 0 spiro atoms. The molecule has 1 unspecified atom stereocenters. The van der Waals surface area contributed by atoms with E-state index in [0.717, 1.165) is 5.56 Å². The molecular weight excluding hydrogens is 262 g/mol. The summed E-state index contributed by atoms with van der Waals surface area (Å²) >= 11 is 5.72. The Morgan fingerprint density at radius 1 is 1.21 bits per heavy atom. The van der Waals surface area contributed by atoms with Crippen molar-refractivity contribution in [3.63, 3.8) is 0 Å². The molecule has 0 saturated heterocycles. The number of hydrogen-bond acceptors (Lipinski definition) is 3. The highest BCUT2D eigenvalue weighted by Gasteiger charge is 2.15. The highest BCUT2D eigenvalue weighted by atomic mass is 35.5. The molecule has 0 bridgehead atoms. The molecule has 0 radical (unpaired) electrons. The number of benzene rings is 1. The number of hydrogen-bond donors (Lipinski definition) is 1. The van der Waals surface area contributed by atoms with Crippen molar-refractivity contribution in [2.75, 3.05) is 0 Å². The molecule has 4 nitrogen and oxygen atoms in total. The minimum absolute atomic E-state index is 0.184. The van der Waals surface area contributed by atoms with Crippen LogP contribution in [0.4, 0.5) is 0 Å². The van der Waals surface area contributed by atoms with Gasteiger partial charge in [0.1, 0.15) is 16.9 Å². The molecule has 19 heavy (non-hydrogen) atoms. The highest BCUT2D eigenvalue weighted by molar-refractivity contribution is 6.29. The summed E-state index contributed by atoms with van der Waals surface area (Å²) in [5.74, 6) is -0.432. The van der Waals surface area contributed by atoms with Crippen LogP contribution in [0.25, 0.3) is 0 Å². The topological polar surface area (TPSA) is 65.8 Å². The maximum absolute atomic E-state index is 12.0. The molecule has 1 N–H and O–H groups in total. The fourth-order valence-electron chi connectivity index (χ4n) is 1.58. The molecule has 1 heterocycles. The predicted octanol–water partition coefficient (Wildman–Crippen LogP) is 2.73. The van der Waals surface area contributed by atoms with Gasteiger partial charge in [0.25, 0.3) is 5.91 Å². The minimum atomic E-state index is -0.713. The number of amides is 1. The van der Waals surface area contributed by atoms with Crippen molar-refractivity contribution in [1.82, 2.24) is 10.3 Å². The van der Waals surface area contributed by atoms with Crippen LogP contribution in [-0.2, 0) is 0 Å². The molecule has 1 amide bonds. The van der Waals surface area contributed by atoms with Crippen LogP contribution >= 0.6 is 11.6 Å². The Balaban J connectivity index is 2.16. The third kappa shape index (κ3) is 3.30. The Kier molecular flexibility index (Phi) is 4.11. The smallest absolute Gasteiger partial charge is 0.271 e. The number of carbonyl (C=O) groups is 1. The maximum atomic E-state index is 12.0. The number of nitrogens with one attached hydrogen (secondary N) is 1. The van der Waals surface area contributed by atoms with E-state index in [9.17, 15) is 4.79 Å². The van der Waals surface area contributed by atoms with E-state index in [1.807, 2.05) is 24.3 Å². The second-order valence-corrected chi connectivity index (χ2v) is 4.18. The summed E-state index contributed by atoms with van der Waals surface area (Å²) in [7, 11) is 0. The molecule has 0 saturated carbocycles. The van der Waals surface area contributed by atoms with Crippen LogP contribution in [0.15, 0.2) is 48.5 Å². The van der Waals surface area contributed by atoms with Crippen molar-refractivity contribution in [3.8, 4) is 6.07 Å². The SMILES string of the molecule is N#CC(NC(=O)c1cccc(Cl)n1)c1ccccc1. The van der Waals surface area contributed by atoms with Gasteiger partial charge in [-0.1, -0.05) is 48.0 Å². The first-order valence-electron chi connectivity index (χ1n) is 5.58. The first-order valence-corrected chi connectivity index (χ1v) is 5.96. The Morgan fingerprint density at radius 3 is 2.58 bits per heavy atom. The lowest BCUT2D eigenvalue weighted by Gasteiger charge is -2.11. The molecule has 2 aromatic rings. The van der Waals surface area contributed by atoms with Gasteiger partial charge in [0.2, 0.25) is 0 Å². The summed E-state index contributed by atoms with van der Waals surface area (Å²) in [5, 5.41) is 12.0. The van der Waals surface area contributed by atoms with Gasteiger partial charge < -0.3 is 5.32 Å².